The quantitative estimate of drug-likeness (QED) is 0.323. The van der Waals surface area contributed by atoms with Gasteiger partial charge in [0.05, 0.1) is 29.3 Å². The lowest BCUT2D eigenvalue weighted by Crippen LogP contribution is -2.29. The number of halogens is 1. The summed E-state index contributed by atoms with van der Waals surface area (Å²) < 4.78 is 17.1. The molecule has 0 N–H and O–H groups in total. The first-order valence-corrected chi connectivity index (χ1v) is 9.93. The summed E-state index contributed by atoms with van der Waals surface area (Å²) in [5, 5.41) is 11.7. The lowest BCUT2D eigenvalue weighted by molar-refractivity contribution is -0.386. The lowest BCUT2D eigenvalue weighted by Gasteiger charge is -2.23. The van der Waals surface area contributed by atoms with Gasteiger partial charge in [-0.1, -0.05) is 22.9 Å². The molecule has 0 saturated carbocycles. The highest BCUT2D eigenvalue weighted by Gasteiger charge is 2.30. The van der Waals surface area contributed by atoms with Crippen LogP contribution in [0.25, 0.3) is 0 Å². The largest absolute Gasteiger partial charge is 0.437 e. The number of fused-ring (bicyclic) bond motifs is 2. The van der Waals surface area contributed by atoms with Crippen LogP contribution in [-0.2, 0) is 11.3 Å². The van der Waals surface area contributed by atoms with Crippen LogP contribution >= 0.6 is 15.9 Å². The van der Waals surface area contributed by atoms with E-state index in [4.69, 9.17) is 14.2 Å². The number of carbonyl (C=O) groups excluding carboxylic acids is 1. The number of benzene rings is 1. The molecule has 0 fully saturated rings. The van der Waals surface area contributed by atoms with Gasteiger partial charge in [0.25, 0.3) is 5.69 Å². The normalized spacial score (nSPS) is 13.1. The van der Waals surface area contributed by atoms with Gasteiger partial charge in [-0.05, 0) is 32.4 Å². The summed E-state index contributed by atoms with van der Waals surface area (Å²) in [4.78, 5) is 32.4. The molecule has 29 heavy (non-hydrogen) atoms. The molecule has 0 aliphatic carbocycles. The van der Waals surface area contributed by atoms with E-state index in [1.54, 1.807) is 6.07 Å². The van der Waals surface area contributed by atoms with Crippen LogP contribution in [0.4, 0.5) is 5.69 Å². The van der Waals surface area contributed by atoms with Crippen molar-refractivity contribution in [1.82, 2.24) is 9.97 Å². The lowest BCUT2D eigenvalue weighted by atomic mass is 10.0. The molecule has 3 rings (SSSR count). The number of nitro benzene ring substituents is 1. The second-order valence-corrected chi connectivity index (χ2v) is 7.64. The van der Waals surface area contributed by atoms with E-state index in [0.29, 0.717) is 10.9 Å². The Morgan fingerprint density at radius 1 is 1.28 bits per heavy atom. The van der Waals surface area contributed by atoms with Crippen LogP contribution < -0.4 is 9.47 Å². The summed E-state index contributed by atoms with van der Waals surface area (Å²) in [5.41, 5.74) is -0.196. The van der Waals surface area contributed by atoms with E-state index in [1.807, 2.05) is 20.8 Å². The number of nitrogens with zero attached hydrogens (tertiary/aromatic N) is 3. The zero-order valence-corrected chi connectivity index (χ0v) is 17.8. The SMILES string of the molecule is CCCC1Oc2cc(nc(C(=O)c3cc(Br)cc(COC(C)C)c3[N+](=O)[O-])n2)O1. The second kappa shape index (κ2) is 8.83. The van der Waals surface area contributed by atoms with Gasteiger partial charge in [-0.3, -0.25) is 14.9 Å². The highest BCUT2D eigenvalue weighted by Crippen LogP contribution is 2.32. The summed E-state index contributed by atoms with van der Waals surface area (Å²) in [6, 6.07) is 4.41. The number of carbonyl (C=O) groups is 1. The van der Waals surface area contributed by atoms with E-state index >= 15 is 0 Å². The fourth-order valence-corrected chi connectivity index (χ4v) is 3.31. The Kier molecular flexibility index (Phi) is 6.43. The number of aromatic nitrogens is 2. The third kappa shape index (κ3) is 4.88. The molecule has 0 atom stereocenters. The van der Waals surface area contributed by atoms with Crippen molar-refractivity contribution < 1.29 is 23.9 Å². The molecule has 2 heterocycles. The average Bonchev–Trinajstić information content (AvgIpc) is 2.64. The zero-order valence-electron chi connectivity index (χ0n) is 16.2. The van der Waals surface area contributed by atoms with Gasteiger partial charge in [-0.2, -0.15) is 9.97 Å². The Hall–Kier alpha value is -2.59. The molecule has 0 spiro atoms. The maximum absolute atomic E-state index is 13.1. The minimum absolute atomic E-state index is 0.00916. The van der Waals surface area contributed by atoms with Crippen LogP contribution in [0.3, 0.4) is 0 Å². The third-order valence-electron chi connectivity index (χ3n) is 4.06. The molecule has 0 amide bonds. The van der Waals surface area contributed by atoms with Crippen LogP contribution in [0.5, 0.6) is 11.8 Å². The van der Waals surface area contributed by atoms with Crippen molar-refractivity contribution in [1.29, 1.82) is 0 Å². The summed E-state index contributed by atoms with van der Waals surface area (Å²) in [5.74, 6) is -0.537. The number of ketones is 1. The van der Waals surface area contributed by atoms with Crippen molar-refractivity contribution in [2.24, 2.45) is 0 Å². The third-order valence-corrected chi connectivity index (χ3v) is 4.52. The number of nitro groups is 1. The van der Waals surface area contributed by atoms with Gasteiger partial charge in [0.2, 0.25) is 29.7 Å². The summed E-state index contributed by atoms with van der Waals surface area (Å²) >= 11 is 3.30. The van der Waals surface area contributed by atoms with Crippen LogP contribution in [-0.4, -0.2) is 33.1 Å². The minimum Gasteiger partial charge on any atom is -0.437 e. The van der Waals surface area contributed by atoms with Crippen molar-refractivity contribution in [2.75, 3.05) is 0 Å². The Morgan fingerprint density at radius 2 is 1.93 bits per heavy atom. The summed E-state index contributed by atoms with van der Waals surface area (Å²) in [6.07, 6.45) is 0.843. The minimum atomic E-state index is -0.701. The Morgan fingerprint density at radius 3 is 2.48 bits per heavy atom. The van der Waals surface area contributed by atoms with Gasteiger partial charge in [0.1, 0.15) is 5.56 Å². The van der Waals surface area contributed by atoms with E-state index in [1.165, 1.54) is 12.1 Å². The molecule has 0 radical (unpaired) electrons. The van der Waals surface area contributed by atoms with E-state index in [0.717, 1.165) is 6.42 Å². The van der Waals surface area contributed by atoms with Gasteiger partial charge in [-0.15, -0.1) is 0 Å². The predicted molar refractivity (Wildman–Crippen MR) is 106 cm³/mol. The van der Waals surface area contributed by atoms with Gasteiger partial charge < -0.3 is 14.2 Å². The van der Waals surface area contributed by atoms with Gasteiger partial charge >= 0.3 is 0 Å². The molecule has 1 aliphatic heterocycles. The highest BCUT2D eigenvalue weighted by molar-refractivity contribution is 9.10. The molecule has 2 bridgehead atoms. The first kappa shape index (κ1) is 21.1. The van der Waals surface area contributed by atoms with Gasteiger partial charge in [0, 0.05) is 10.9 Å². The van der Waals surface area contributed by atoms with Gasteiger partial charge in [0.15, 0.2) is 0 Å². The average molecular weight is 466 g/mol. The van der Waals surface area contributed by atoms with Crippen molar-refractivity contribution in [2.45, 2.75) is 52.6 Å². The van der Waals surface area contributed by atoms with E-state index in [9.17, 15) is 14.9 Å². The van der Waals surface area contributed by atoms with E-state index in [-0.39, 0.29) is 47.1 Å². The zero-order chi connectivity index (χ0) is 21.1. The standard InChI is InChI=1S/C19H20BrN3O6/c1-4-5-16-28-14-8-15(29-16)22-19(21-14)18(24)13-7-12(20)6-11(9-27-10(2)3)17(13)23(25)26/h6-8,10,16H,4-5,9H2,1-3H3. The summed E-state index contributed by atoms with van der Waals surface area (Å²) in [7, 11) is 0. The van der Waals surface area contributed by atoms with Crippen molar-refractivity contribution >= 4 is 27.4 Å². The maximum atomic E-state index is 13.1. The van der Waals surface area contributed by atoms with Crippen molar-refractivity contribution in [3.05, 3.63) is 49.7 Å². The molecule has 0 saturated heterocycles. The van der Waals surface area contributed by atoms with Crippen molar-refractivity contribution in [3.8, 4) is 11.8 Å². The number of hydrogen-bond acceptors (Lipinski definition) is 8. The number of rotatable bonds is 8. The Bertz CT molecular complexity index is 926. The molecule has 10 heteroatoms. The molecular weight excluding hydrogens is 446 g/mol. The number of hydrogen-bond donors (Lipinski definition) is 0. The molecule has 1 aromatic carbocycles. The molecule has 0 unspecified atom stereocenters. The maximum Gasteiger partial charge on any atom is 0.286 e. The predicted octanol–water partition coefficient (Wildman–Crippen LogP) is 4.20. The first-order valence-electron chi connectivity index (χ1n) is 9.14. The molecule has 2 aromatic rings. The topological polar surface area (TPSA) is 114 Å². The Labute approximate surface area is 175 Å². The molecular formula is C19H20BrN3O6. The fraction of sp³-hybridized carbons (Fsp3) is 0.421. The van der Waals surface area contributed by atoms with Crippen molar-refractivity contribution in [3.63, 3.8) is 0 Å². The van der Waals surface area contributed by atoms with Crippen LogP contribution in [0, 0.1) is 10.1 Å². The monoisotopic (exact) mass is 465 g/mol. The molecule has 1 aromatic heterocycles. The van der Waals surface area contributed by atoms with Crippen LogP contribution in [0.15, 0.2) is 22.7 Å². The molecule has 154 valence electrons. The van der Waals surface area contributed by atoms with E-state index < -0.39 is 17.0 Å². The number of ether oxygens (including phenoxy) is 3. The van der Waals surface area contributed by atoms with Crippen LogP contribution in [0.2, 0.25) is 0 Å². The smallest absolute Gasteiger partial charge is 0.286 e. The molecule has 9 nitrogen and oxygen atoms in total. The Balaban J connectivity index is 1.99. The fourth-order valence-electron chi connectivity index (χ4n) is 2.80. The van der Waals surface area contributed by atoms with Crippen LogP contribution in [0.1, 0.15) is 55.4 Å². The first-order chi connectivity index (χ1) is 13.8. The van der Waals surface area contributed by atoms with Gasteiger partial charge in [-0.25, -0.2) is 0 Å². The molecule has 1 aliphatic rings. The van der Waals surface area contributed by atoms with E-state index in [2.05, 4.69) is 25.9 Å². The summed E-state index contributed by atoms with van der Waals surface area (Å²) in [6.45, 7) is 5.62. The second-order valence-electron chi connectivity index (χ2n) is 6.73. The highest BCUT2D eigenvalue weighted by atomic mass is 79.9.